The van der Waals surface area contributed by atoms with Crippen LogP contribution in [0.15, 0.2) is 84.9 Å². The summed E-state index contributed by atoms with van der Waals surface area (Å²) in [6.45, 7) is 8.13. The molecule has 2 saturated heterocycles. The van der Waals surface area contributed by atoms with Crippen molar-refractivity contribution in [1.29, 1.82) is 0 Å². The zero-order valence-corrected chi connectivity index (χ0v) is 20.8. The molecule has 1 unspecified atom stereocenters. The third-order valence-corrected chi connectivity index (χ3v) is 7.29. The molecule has 0 N–H and O–H groups in total. The van der Waals surface area contributed by atoms with Gasteiger partial charge in [0.2, 0.25) is 0 Å². The van der Waals surface area contributed by atoms with E-state index in [1.165, 1.54) is 16.7 Å². The standard InChI is InChI=1S/C30H37N3O2/c1-34-28-14-12-25(13-15-28)16-17-32-23-29(35-24-32)22-31-18-20-33(21-19-31)30(26-8-4-2-5-9-26)27-10-6-3-7-11-27/h2-15,29-30H,16-24H2,1H3. The summed E-state index contributed by atoms with van der Waals surface area (Å²) >= 11 is 0. The summed E-state index contributed by atoms with van der Waals surface area (Å²) in [6.07, 6.45) is 1.34. The molecule has 3 aromatic carbocycles. The zero-order chi connectivity index (χ0) is 23.9. The number of benzene rings is 3. The summed E-state index contributed by atoms with van der Waals surface area (Å²) in [5.74, 6) is 0.914. The van der Waals surface area contributed by atoms with Crippen molar-refractivity contribution in [2.75, 3.05) is 59.7 Å². The topological polar surface area (TPSA) is 28.2 Å². The molecule has 0 radical (unpaired) electrons. The number of methoxy groups -OCH3 is 1. The van der Waals surface area contributed by atoms with E-state index in [9.17, 15) is 0 Å². The van der Waals surface area contributed by atoms with Gasteiger partial charge >= 0.3 is 0 Å². The predicted octanol–water partition coefficient (Wildman–Crippen LogP) is 4.30. The van der Waals surface area contributed by atoms with Crippen molar-refractivity contribution in [2.24, 2.45) is 0 Å². The second kappa shape index (κ2) is 11.8. The molecule has 5 nitrogen and oxygen atoms in total. The highest BCUT2D eigenvalue weighted by molar-refractivity contribution is 5.32. The van der Waals surface area contributed by atoms with E-state index in [-0.39, 0.29) is 0 Å². The molecule has 0 bridgehead atoms. The first-order valence-corrected chi connectivity index (χ1v) is 12.8. The maximum absolute atomic E-state index is 6.16. The molecule has 1 atom stereocenters. The fourth-order valence-electron chi connectivity index (χ4n) is 5.33. The molecule has 0 spiro atoms. The van der Waals surface area contributed by atoms with Crippen molar-refractivity contribution in [3.05, 3.63) is 102 Å². The Morgan fingerprint density at radius 1 is 0.800 bits per heavy atom. The highest BCUT2D eigenvalue weighted by Crippen LogP contribution is 2.29. The lowest BCUT2D eigenvalue weighted by atomic mass is 9.96. The molecule has 184 valence electrons. The predicted molar refractivity (Wildman–Crippen MR) is 141 cm³/mol. The fourth-order valence-corrected chi connectivity index (χ4v) is 5.33. The van der Waals surface area contributed by atoms with Crippen molar-refractivity contribution in [3.63, 3.8) is 0 Å². The molecule has 0 saturated carbocycles. The monoisotopic (exact) mass is 471 g/mol. The number of hydrogen-bond donors (Lipinski definition) is 0. The van der Waals surface area contributed by atoms with Crippen molar-refractivity contribution in [3.8, 4) is 5.75 Å². The molecule has 2 aliphatic rings. The lowest BCUT2D eigenvalue weighted by Gasteiger charge is -2.40. The summed E-state index contributed by atoms with van der Waals surface area (Å²) < 4.78 is 11.4. The minimum Gasteiger partial charge on any atom is -0.497 e. The first kappa shape index (κ1) is 24.0. The van der Waals surface area contributed by atoms with E-state index in [1.807, 2.05) is 12.1 Å². The summed E-state index contributed by atoms with van der Waals surface area (Å²) in [5.41, 5.74) is 4.09. The summed E-state index contributed by atoms with van der Waals surface area (Å²) in [6, 6.07) is 30.6. The minimum absolute atomic E-state index is 0.302. The van der Waals surface area contributed by atoms with E-state index in [0.29, 0.717) is 12.1 Å². The molecule has 0 aliphatic carbocycles. The van der Waals surface area contributed by atoms with Gasteiger partial charge in [0.15, 0.2) is 0 Å². The van der Waals surface area contributed by atoms with Crippen LogP contribution in [-0.4, -0.2) is 80.5 Å². The van der Waals surface area contributed by atoms with E-state index in [2.05, 4.69) is 87.5 Å². The molecule has 2 fully saturated rings. The van der Waals surface area contributed by atoms with Crippen LogP contribution in [0.4, 0.5) is 0 Å². The summed E-state index contributed by atoms with van der Waals surface area (Å²) in [7, 11) is 1.71. The van der Waals surface area contributed by atoms with Crippen LogP contribution in [0, 0.1) is 0 Å². The van der Waals surface area contributed by atoms with Crippen LogP contribution in [0.2, 0.25) is 0 Å². The summed E-state index contributed by atoms with van der Waals surface area (Å²) in [5, 5.41) is 0. The van der Waals surface area contributed by atoms with Crippen molar-refractivity contribution >= 4 is 0 Å². The molecule has 35 heavy (non-hydrogen) atoms. The number of rotatable bonds is 9. The summed E-state index contributed by atoms with van der Waals surface area (Å²) in [4.78, 5) is 7.66. The van der Waals surface area contributed by atoms with Gasteiger partial charge in [-0.1, -0.05) is 72.8 Å². The van der Waals surface area contributed by atoms with E-state index in [0.717, 1.165) is 64.7 Å². The Kier molecular flexibility index (Phi) is 8.11. The molecule has 5 heteroatoms. The van der Waals surface area contributed by atoms with Gasteiger partial charge in [0.1, 0.15) is 5.75 Å². The van der Waals surface area contributed by atoms with Gasteiger partial charge in [0.25, 0.3) is 0 Å². The van der Waals surface area contributed by atoms with Gasteiger partial charge in [-0.3, -0.25) is 14.7 Å². The van der Waals surface area contributed by atoms with Crippen LogP contribution in [0.5, 0.6) is 5.75 Å². The van der Waals surface area contributed by atoms with Crippen LogP contribution in [-0.2, 0) is 11.2 Å². The molecular formula is C30H37N3O2. The highest BCUT2D eigenvalue weighted by Gasteiger charge is 2.29. The van der Waals surface area contributed by atoms with Crippen LogP contribution >= 0.6 is 0 Å². The maximum Gasteiger partial charge on any atom is 0.118 e. The molecule has 5 rings (SSSR count). The molecule has 0 amide bonds. The number of piperazine rings is 1. The average molecular weight is 472 g/mol. The Balaban J connectivity index is 1.10. The fraction of sp³-hybridized carbons (Fsp3) is 0.400. The Labute approximate surface area is 209 Å². The second-order valence-electron chi connectivity index (χ2n) is 9.65. The first-order chi connectivity index (χ1) is 17.3. The van der Waals surface area contributed by atoms with Gasteiger partial charge in [0, 0.05) is 45.8 Å². The highest BCUT2D eigenvalue weighted by atomic mass is 16.5. The van der Waals surface area contributed by atoms with Crippen LogP contribution in [0.1, 0.15) is 22.7 Å². The van der Waals surface area contributed by atoms with Crippen molar-refractivity contribution in [2.45, 2.75) is 18.6 Å². The Bertz CT molecular complexity index is 981. The first-order valence-electron chi connectivity index (χ1n) is 12.8. The molecule has 0 aromatic heterocycles. The van der Waals surface area contributed by atoms with Crippen molar-refractivity contribution < 1.29 is 9.47 Å². The van der Waals surface area contributed by atoms with Crippen molar-refractivity contribution in [1.82, 2.24) is 14.7 Å². The number of ether oxygens (including phenoxy) is 2. The third kappa shape index (κ3) is 6.30. The molecule has 3 aromatic rings. The molecular weight excluding hydrogens is 434 g/mol. The van der Waals surface area contributed by atoms with E-state index in [1.54, 1.807) is 7.11 Å². The SMILES string of the molecule is COc1ccc(CCN2COC(CN3CCN(C(c4ccccc4)c4ccccc4)CC3)C2)cc1. The quantitative estimate of drug-likeness (QED) is 0.464. The molecule has 2 aliphatic heterocycles. The van der Waals surface area contributed by atoms with Gasteiger partial charge in [-0.2, -0.15) is 0 Å². The maximum atomic E-state index is 6.16. The van der Waals surface area contributed by atoms with Crippen LogP contribution in [0.3, 0.4) is 0 Å². The number of nitrogens with zero attached hydrogens (tertiary/aromatic N) is 3. The van der Waals surface area contributed by atoms with Gasteiger partial charge < -0.3 is 9.47 Å². The Hall–Kier alpha value is -2.70. The zero-order valence-electron chi connectivity index (χ0n) is 20.8. The Morgan fingerprint density at radius 3 is 2.03 bits per heavy atom. The third-order valence-electron chi connectivity index (χ3n) is 7.29. The van der Waals surface area contributed by atoms with Gasteiger partial charge in [0.05, 0.1) is 26.0 Å². The van der Waals surface area contributed by atoms with Gasteiger partial charge in [-0.15, -0.1) is 0 Å². The number of hydrogen-bond acceptors (Lipinski definition) is 5. The smallest absolute Gasteiger partial charge is 0.118 e. The largest absolute Gasteiger partial charge is 0.497 e. The van der Waals surface area contributed by atoms with Gasteiger partial charge in [-0.25, -0.2) is 0 Å². The van der Waals surface area contributed by atoms with E-state index < -0.39 is 0 Å². The lowest BCUT2D eigenvalue weighted by molar-refractivity contribution is 0.0410. The van der Waals surface area contributed by atoms with E-state index in [4.69, 9.17) is 9.47 Å². The minimum atomic E-state index is 0.302. The average Bonchev–Trinajstić information content (AvgIpc) is 3.37. The second-order valence-corrected chi connectivity index (χ2v) is 9.65. The van der Waals surface area contributed by atoms with E-state index >= 15 is 0 Å². The van der Waals surface area contributed by atoms with Crippen LogP contribution < -0.4 is 4.74 Å². The normalized spacial score (nSPS) is 19.9. The Morgan fingerprint density at radius 2 is 1.43 bits per heavy atom. The lowest BCUT2D eigenvalue weighted by Crippen LogP contribution is -2.50. The van der Waals surface area contributed by atoms with Gasteiger partial charge in [-0.05, 0) is 35.2 Å². The van der Waals surface area contributed by atoms with Crippen LogP contribution in [0.25, 0.3) is 0 Å². The molecule has 2 heterocycles.